The van der Waals surface area contributed by atoms with Crippen LogP contribution in [0.2, 0.25) is 5.02 Å². The van der Waals surface area contributed by atoms with E-state index in [9.17, 15) is 12.8 Å². The summed E-state index contributed by atoms with van der Waals surface area (Å²) in [6.07, 6.45) is 2.25. The zero-order chi connectivity index (χ0) is 19.2. The molecule has 1 fully saturated rings. The molecule has 4 rings (SSSR count). The van der Waals surface area contributed by atoms with Gasteiger partial charge in [0.1, 0.15) is 10.7 Å². The van der Waals surface area contributed by atoms with E-state index in [-0.39, 0.29) is 9.92 Å². The highest BCUT2D eigenvalue weighted by Crippen LogP contribution is 2.37. The smallest absolute Gasteiger partial charge is 0.246 e. The quantitative estimate of drug-likeness (QED) is 0.651. The highest BCUT2D eigenvalue weighted by molar-refractivity contribution is 7.89. The molecule has 0 bridgehead atoms. The van der Waals surface area contributed by atoms with Gasteiger partial charge in [0.25, 0.3) is 0 Å². The van der Waals surface area contributed by atoms with Crippen LogP contribution in [0.15, 0.2) is 47.4 Å². The Hall–Kier alpha value is -1.96. The number of imidazole rings is 1. The Labute approximate surface area is 162 Å². The second-order valence-corrected chi connectivity index (χ2v) is 8.96. The first kappa shape index (κ1) is 18.4. The molecule has 0 spiro atoms. The van der Waals surface area contributed by atoms with Gasteiger partial charge in [0, 0.05) is 13.6 Å². The van der Waals surface area contributed by atoms with E-state index in [0.29, 0.717) is 18.8 Å². The Bertz CT molecular complexity index is 1110. The SMILES string of the molecule is Cn1c([C@@H]2CCCCN2S(=O)(=O)c2cccc(Cl)c2F)nc2ccccc21. The van der Waals surface area contributed by atoms with E-state index in [1.165, 1.54) is 22.5 Å². The molecule has 3 aromatic rings. The van der Waals surface area contributed by atoms with Gasteiger partial charge in [-0.1, -0.05) is 36.2 Å². The van der Waals surface area contributed by atoms with Crippen LogP contribution in [0.5, 0.6) is 0 Å². The van der Waals surface area contributed by atoms with E-state index in [2.05, 4.69) is 4.98 Å². The third-order valence-corrected chi connectivity index (χ3v) is 7.29. The molecule has 2 aromatic carbocycles. The van der Waals surface area contributed by atoms with E-state index >= 15 is 0 Å². The topological polar surface area (TPSA) is 55.2 Å². The summed E-state index contributed by atoms with van der Waals surface area (Å²) in [5.41, 5.74) is 1.75. The zero-order valence-electron chi connectivity index (χ0n) is 14.8. The number of benzene rings is 2. The van der Waals surface area contributed by atoms with Gasteiger partial charge in [0.05, 0.1) is 22.1 Å². The highest BCUT2D eigenvalue weighted by Gasteiger charge is 2.38. The minimum Gasteiger partial charge on any atom is -0.330 e. The summed E-state index contributed by atoms with van der Waals surface area (Å²) >= 11 is 5.82. The minimum atomic E-state index is -4.05. The van der Waals surface area contributed by atoms with Crippen molar-refractivity contribution in [3.8, 4) is 0 Å². The standard InChI is InChI=1S/C19H19ClFN3O2S/c1-23-15-9-3-2-8-14(15)22-19(23)16-10-4-5-12-24(16)27(25,26)17-11-6-7-13(20)18(17)21/h2-3,6-9,11,16H,4-5,10,12H2,1H3/t16-/m0/s1. The maximum atomic E-state index is 14.5. The molecule has 142 valence electrons. The van der Waals surface area contributed by atoms with Gasteiger partial charge >= 0.3 is 0 Å². The van der Waals surface area contributed by atoms with Gasteiger partial charge in [-0.25, -0.2) is 17.8 Å². The van der Waals surface area contributed by atoms with Crippen LogP contribution in [0.3, 0.4) is 0 Å². The number of piperidine rings is 1. The molecule has 1 saturated heterocycles. The molecule has 0 saturated carbocycles. The van der Waals surface area contributed by atoms with Crippen molar-refractivity contribution in [1.82, 2.24) is 13.9 Å². The third kappa shape index (κ3) is 3.03. The van der Waals surface area contributed by atoms with Gasteiger partial charge < -0.3 is 4.57 Å². The first-order valence-electron chi connectivity index (χ1n) is 8.78. The van der Waals surface area contributed by atoms with Crippen molar-refractivity contribution in [1.29, 1.82) is 0 Å². The normalized spacial score (nSPS) is 18.9. The molecule has 0 N–H and O–H groups in total. The molecular formula is C19H19ClFN3O2S. The van der Waals surface area contributed by atoms with Crippen molar-refractivity contribution in [2.75, 3.05) is 6.54 Å². The summed E-state index contributed by atoms with van der Waals surface area (Å²) in [5.74, 6) is -0.240. The Morgan fingerprint density at radius 2 is 1.93 bits per heavy atom. The second-order valence-electron chi connectivity index (χ2n) is 6.70. The Balaban J connectivity index is 1.83. The summed E-state index contributed by atoms with van der Waals surface area (Å²) in [4.78, 5) is 4.28. The van der Waals surface area contributed by atoms with E-state index in [0.717, 1.165) is 23.9 Å². The lowest BCUT2D eigenvalue weighted by Crippen LogP contribution is -2.39. The molecule has 5 nitrogen and oxygen atoms in total. The number of fused-ring (bicyclic) bond motifs is 1. The molecule has 0 aliphatic carbocycles. The van der Waals surface area contributed by atoms with E-state index < -0.39 is 21.9 Å². The van der Waals surface area contributed by atoms with Crippen molar-refractivity contribution in [3.05, 3.63) is 59.1 Å². The average Bonchev–Trinajstić information content (AvgIpc) is 3.01. The number of hydrogen-bond donors (Lipinski definition) is 0. The number of rotatable bonds is 3. The lowest BCUT2D eigenvalue weighted by atomic mass is 10.0. The third-order valence-electron chi connectivity index (χ3n) is 5.08. The first-order chi connectivity index (χ1) is 12.9. The molecule has 0 unspecified atom stereocenters. The van der Waals surface area contributed by atoms with Crippen LogP contribution >= 0.6 is 11.6 Å². The zero-order valence-corrected chi connectivity index (χ0v) is 16.3. The Kier molecular flexibility index (Phi) is 4.70. The molecule has 1 aromatic heterocycles. The lowest BCUT2D eigenvalue weighted by molar-refractivity contribution is 0.243. The molecule has 1 aliphatic heterocycles. The van der Waals surface area contributed by atoms with E-state index in [4.69, 9.17) is 11.6 Å². The number of hydrogen-bond acceptors (Lipinski definition) is 3. The summed E-state index contributed by atoms with van der Waals surface area (Å²) in [5, 5.41) is -0.202. The van der Waals surface area contributed by atoms with Crippen LogP contribution in [0.4, 0.5) is 4.39 Å². The maximum absolute atomic E-state index is 14.5. The molecule has 2 heterocycles. The molecular weight excluding hydrogens is 389 g/mol. The van der Waals surface area contributed by atoms with Gasteiger partial charge in [0.2, 0.25) is 10.0 Å². The summed E-state index contributed by atoms with van der Waals surface area (Å²) in [6, 6.07) is 11.3. The fourth-order valence-electron chi connectivity index (χ4n) is 3.72. The first-order valence-corrected chi connectivity index (χ1v) is 10.6. The largest absolute Gasteiger partial charge is 0.330 e. The fraction of sp³-hybridized carbons (Fsp3) is 0.316. The number of nitrogens with zero attached hydrogens (tertiary/aromatic N) is 3. The summed E-state index contributed by atoms with van der Waals surface area (Å²) < 4.78 is 44.3. The van der Waals surface area contributed by atoms with Crippen molar-refractivity contribution < 1.29 is 12.8 Å². The van der Waals surface area contributed by atoms with Crippen LogP contribution in [-0.2, 0) is 17.1 Å². The molecule has 0 amide bonds. The molecule has 1 aliphatic rings. The van der Waals surface area contributed by atoms with Gasteiger partial charge in [-0.05, 0) is 37.1 Å². The predicted octanol–water partition coefficient (Wildman–Crippen LogP) is 4.28. The monoisotopic (exact) mass is 407 g/mol. The fourth-order valence-corrected chi connectivity index (χ4v) is 5.70. The van der Waals surface area contributed by atoms with Crippen molar-refractivity contribution in [2.24, 2.45) is 7.05 Å². The van der Waals surface area contributed by atoms with Crippen molar-refractivity contribution in [2.45, 2.75) is 30.2 Å². The maximum Gasteiger partial charge on any atom is 0.246 e. The van der Waals surface area contributed by atoms with Crippen LogP contribution < -0.4 is 0 Å². The van der Waals surface area contributed by atoms with Crippen LogP contribution in [0.25, 0.3) is 11.0 Å². The van der Waals surface area contributed by atoms with Crippen molar-refractivity contribution in [3.63, 3.8) is 0 Å². The minimum absolute atomic E-state index is 0.202. The predicted molar refractivity (Wildman–Crippen MR) is 103 cm³/mol. The van der Waals surface area contributed by atoms with Crippen LogP contribution in [-0.4, -0.2) is 28.8 Å². The van der Waals surface area contributed by atoms with E-state index in [1.807, 2.05) is 35.9 Å². The lowest BCUT2D eigenvalue weighted by Gasteiger charge is -2.34. The molecule has 0 radical (unpaired) electrons. The average molecular weight is 408 g/mol. The number of halogens is 2. The second kappa shape index (κ2) is 6.89. The number of aromatic nitrogens is 2. The Morgan fingerprint density at radius 3 is 2.70 bits per heavy atom. The number of aryl methyl sites for hydroxylation is 1. The summed E-state index contributed by atoms with van der Waals surface area (Å²) in [7, 11) is -2.17. The molecule has 27 heavy (non-hydrogen) atoms. The van der Waals surface area contributed by atoms with Crippen LogP contribution in [0.1, 0.15) is 31.1 Å². The van der Waals surface area contributed by atoms with E-state index in [1.54, 1.807) is 0 Å². The van der Waals surface area contributed by atoms with Gasteiger partial charge in [-0.2, -0.15) is 4.31 Å². The van der Waals surface area contributed by atoms with Gasteiger partial charge in [-0.15, -0.1) is 0 Å². The Morgan fingerprint density at radius 1 is 1.15 bits per heavy atom. The van der Waals surface area contributed by atoms with Gasteiger partial charge in [0.15, 0.2) is 5.82 Å². The molecule has 8 heteroatoms. The summed E-state index contributed by atoms with van der Waals surface area (Å²) in [6.45, 7) is 0.322. The molecule has 1 atom stereocenters. The number of sulfonamides is 1. The number of para-hydroxylation sites is 2. The van der Waals surface area contributed by atoms with Crippen LogP contribution in [0, 0.1) is 5.82 Å². The van der Waals surface area contributed by atoms with Gasteiger partial charge in [-0.3, -0.25) is 0 Å². The highest BCUT2D eigenvalue weighted by atomic mass is 35.5. The van der Waals surface area contributed by atoms with Crippen molar-refractivity contribution >= 4 is 32.7 Å².